The van der Waals surface area contributed by atoms with E-state index < -0.39 is 0 Å². The number of halogens is 1. The Balaban J connectivity index is 1.75. The predicted octanol–water partition coefficient (Wildman–Crippen LogP) is 4.67. The predicted molar refractivity (Wildman–Crippen MR) is 84.1 cm³/mol. The molecule has 0 radical (unpaired) electrons. The number of nitrogens with one attached hydrogen (secondary N) is 1. The molecule has 0 heterocycles. The number of aryl methyl sites for hydroxylation is 3. The second-order valence-corrected chi connectivity index (χ2v) is 6.60. The van der Waals surface area contributed by atoms with Gasteiger partial charge in [-0.15, -0.1) is 0 Å². The molecule has 1 atom stereocenters. The van der Waals surface area contributed by atoms with Crippen LogP contribution in [-0.2, 0) is 6.42 Å². The molecule has 1 aliphatic carbocycles. The van der Waals surface area contributed by atoms with E-state index >= 15 is 0 Å². The summed E-state index contributed by atoms with van der Waals surface area (Å²) in [6.45, 7) is 7.81. The maximum atomic E-state index is 6.33. The second-order valence-electron chi connectivity index (χ2n) is 6.19. The molecule has 0 amide bonds. The van der Waals surface area contributed by atoms with E-state index in [1.54, 1.807) is 0 Å². The van der Waals surface area contributed by atoms with Gasteiger partial charge in [-0.25, -0.2) is 0 Å². The van der Waals surface area contributed by atoms with Crippen molar-refractivity contribution in [2.24, 2.45) is 5.92 Å². The molecule has 1 nitrogen and oxygen atoms in total. The third-order valence-electron chi connectivity index (χ3n) is 4.22. The van der Waals surface area contributed by atoms with E-state index in [4.69, 9.17) is 11.6 Å². The zero-order valence-electron chi connectivity index (χ0n) is 12.4. The molecule has 1 unspecified atom stereocenters. The van der Waals surface area contributed by atoms with Gasteiger partial charge in [-0.2, -0.15) is 0 Å². The van der Waals surface area contributed by atoms with E-state index in [1.165, 1.54) is 48.9 Å². The molecular formula is C17H26ClN. The van der Waals surface area contributed by atoms with Crippen LogP contribution in [0.3, 0.4) is 0 Å². The number of hydrogen-bond donors (Lipinski definition) is 1. The molecule has 1 N–H and O–H groups in total. The standard InChI is InChI=1S/C17H26ClN/c1-12(8-9-19-16-6-7-16)4-5-15-10-13(2)14(3)11-17(15)18/h10-12,16,19H,4-9H2,1-3H3. The maximum absolute atomic E-state index is 6.33. The summed E-state index contributed by atoms with van der Waals surface area (Å²) in [5.74, 6) is 0.768. The Labute approximate surface area is 122 Å². The molecule has 0 aliphatic heterocycles. The summed E-state index contributed by atoms with van der Waals surface area (Å²) in [4.78, 5) is 0. The first-order valence-electron chi connectivity index (χ1n) is 7.55. The van der Waals surface area contributed by atoms with Gasteiger partial charge < -0.3 is 5.32 Å². The molecule has 0 aromatic heterocycles. The Hall–Kier alpha value is -0.530. The monoisotopic (exact) mass is 279 g/mol. The van der Waals surface area contributed by atoms with Gasteiger partial charge in [0, 0.05) is 11.1 Å². The van der Waals surface area contributed by atoms with Crippen LogP contribution in [0.4, 0.5) is 0 Å². The van der Waals surface area contributed by atoms with E-state index in [0.29, 0.717) is 0 Å². The lowest BCUT2D eigenvalue weighted by Crippen LogP contribution is -2.19. The molecule has 1 fully saturated rings. The lowest BCUT2D eigenvalue weighted by atomic mass is 9.96. The average molecular weight is 280 g/mol. The van der Waals surface area contributed by atoms with Gasteiger partial charge in [0.1, 0.15) is 0 Å². The Morgan fingerprint density at radius 1 is 1.21 bits per heavy atom. The highest BCUT2D eigenvalue weighted by Gasteiger charge is 2.19. The lowest BCUT2D eigenvalue weighted by molar-refractivity contribution is 0.469. The zero-order chi connectivity index (χ0) is 13.8. The Morgan fingerprint density at radius 3 is 2.58 bits per heavy atom. The van der Waals surface area contributed by atoms with Gasteiger partial charge in [0.25, 0.3) is 0 Å². The summed E-state index contributed by atoms with van der Waals surface area (Å²) in [6, 6.07) is 5.19. The van der Waals surface area contributed by atoms with Crippen molar-refractivity contribution in [3.05, 3.63) is 33.8 Å². The third-order valence-corrected chi connectivity index (χ3v) is 4.57. The second kappa shape index (κ2) is 6.76. The molecule has 106 valence electrons. The van der Waals surface area contributed by atoms with Crippen molar-refractivity contribution in [2.75, 3.05) is 6.54 Å². The smallest absolute Gasteiger partial charge is 0.0440 e. The van der Waals surface area contributed by atoms with Crippen LogP contribution in [0.2, 0.25) is 5.02 Å². The normalized spacial score (nSPS) is 16.6. The van der Waals surface area contributed by atoms with E-state index in [1.807, 2.05) is 0 Å². The fraction of sp³-hybridized carbons (Fsp3) is 0.647. The van der Waals surface area contributed by atoms with Gasteiger partial charge >= 0.3 is 0 Å². The van der Waals surface area contributed by atoms with Crippen molar-refractivity contribution < 1.29 is 0 Å². The van der Waals surface area contributed by atoms with Gasteiger partial charge in [-0.3, -0.25) is 0 Å². The minimum absolute atomic E-state index is 0.768. The molecule has 0 saturated heterocycles. The summed E-state index contributed by atoms with van der Waals surface area (Å²) >= 11 is 6.33. The van der Waals surface area contributed by atoms with Crippen LogP contribution in [0.5, 0.6) is 0 Å². The van der Waals surface area contributed by atoms with E-state index in [0.717, 1.165) is 23.4 Å². The molecule has 1 aromatic carbocycles. The quantitative estimate of drug-likeness (QED) is 0.765. The molecule has 0 bridgehead atoms. The van der Waals surface area contributed by atoms with Crippen LogP contribution in [0.1, 0.15) is 49.3 Å². The van der Waals surface area contributed by atoms with Gasteiger partial charge in [0.05, 0.1) is 0 Å². The number of rotatable bonds is 7. The van der Waals surface area contributed by atoms with E-state index in [9.17, 15) is 0 Å². The van der Waals surface area contributed by atoms with Crippen molar-refractivity contribution in [3.63, 3.8) is 0 Å². The maximum Gasteiger partial charge on any atom is 0.0440 e. The molecule has 1 aromatic rings. The van der Waals surface area contributed by atoms with Crippen LogP contribution >= 0.6 is 11.6 Å². The average Bonchev–Trinajstić information content (AvgIpc) is 3.16. The van der Waals surface area contributed by atoms with Crippen LogP contribution in [0, 0.1) is 19.8 Å². The van der Waals surface area contributed by atoms with Crippen molar-refractivity contribution in [1.29, 1.82) is 0 Å². The molecule has 0 spiro atoms. The Kier molecular flexibility index (Phi) is 5.29. The van der Waals surface area contributed by atoms with Gasteiger partial charge in [-0.05, 0) is 81.2 Å². The van der Waals surface area contributed by atoms with Crippen LogP contribution in [-0.4, -0.2) is 12.6 Å². The summed E-state index contributed by atoms with van der Waals surface area (Å²) in [7, 11) is 0. The molecule has 1 aliphatic rings. The largest absolute Gasteiger partial charge is 0.314 e. The number of benzene rings is 1. The molecule has 1 saturated carbocycles. The highest BCUT2D eigenvalue weighted by atomic mass is 35.5. The first-order chi connectivity index (χ1) is 9.06. The van der Waals surface area contributed by atoms with Crippen LogP contribution in [0.15, 0.2) is 12.1 Å². The van der Waals surface area contributed by atoms with Crippen LogP contribution in [0.25, 0.3) is 0 Å². The van der Waals surface area contributed by atoms with Gasteiger partial charge in [0.2, 0.25) is 0 Å². The SMILES string of the molecule is Cc1cc(Cl)c(CCC(C)CCNC2CC2)cc1C. The third kappa shape index (κ3) is 4.81. The highest BCUT2D eigenvalue weighted by molar-refractivity contribution is 6.31. The zero-order valence-corrected chi connectivity index (χ0v) is 13.2. The molecule has 2 heteroatoms. The van der Waals surface area contributed by atoms with Crippen molar-refractivity contribution >= 4 is 11.6 Å². The fourth-order valence-corrected chi connectivity index (χ4v) is 2.71. The number of hydrogen-bond acceptors (Lipinski definition) is 1. The van der Waals surface area contributed by atoms with Crippen molar-refractivity contribution in [3.8, 4) is 0 Å². The summed E-state index contributed by atoms with van der Waals surface area (Å²) in [5.41, 5.74) is 3.95. The lowest BCUT2D eigenvalue weighted by Gasteiger charge is -2.13. The first-order valence-corrected chi connectivity index (χ1v) is 7.93. The highest BCUT2D eigenvalue weighted by Crippen LogP contribution is 2.24. The first kappa shape index (κ1) is 14.9. The molecular weight excluding hydrogens is 254 g/mol. The Morgan fingerprint density at radius 2 is 1.89 bits per heavy atom. The van der Waals surface area contributed by atoms with Crippen molar-refractivity contribution in [1.82, 2.24) is 5.32 Å². The van der Waals surface area contributed by atoms with Crippen molar-refractivity contribution in [2.45, 2.75) is 58.9 Å². The fourth-order valence-electron chi connectivity index (χ4n) is 2.40. The molecule has 19 heavy (non-hydrogen) atoms. The topological polar surface area (TPSA) is 12.0 Å². The van der Waals surface area contributed by atoms with Crippen LogP contribution < -0.4 is 5.32 Å². The minimum atomic E-state index is 0.768. The van der Waals surface area contributed by atoms with Gasteiger partial charge in [0.15, 0.2) is 0 Å². The minimum Gasteiger partial charge on any atom is -0.314 e. The summed E-state index contributed by atoms with van der Waals surface area (Å²) in [6.07, 6.45) is 6.37. The van der Waals surface area contributed by atoms with E-state index in [2.05, 4.69) is 38.2 Å². The van der Waals surface area contributed by atoms with E-state index in [-0.39, 0.29) is 0 Å². The Bertz CT molecular complexity index is 424. The van der Waals surface area contributed by atoms with Gasteiger partial charge in [-0.1, -0.05) is 24.6 Å². The summed E-state index contributed by atoms with van der Waals surface area (Å²) < 4.78 is 0. The molecule has 2 rings (SSSR count). The summed E-state index contributed by atoms with van der Waals surface area (Å²) in [5, 5.41) is 4.52.